The highest BCUT2D eigenvalue weighted by molar-refractivity contribution is 6.04. The van der Waals surface area contributed by atoms with Gasteiger partial charge in [-0.25, -0.2) is 4.98 Å². The molecule has 0 aliphatic rings. The number of aromatic amines is 1. The van der Waals surface area contributed by atoms with Gasteiger partial charge in [0.2, 0.25) is 0 Å². The molecule has 0 spiro atoms. The van der Waals surface area contributed by atoms with E-state index in [9.17, 15) is 4.79 Å². The van der Waals surface area contributed by atoms with Crippen LogP contribution < -0.4 is 11.1 Å². The third kappa shape index (κ3) is 3.02. The van der Waals surface area contributed by atoms with Gasteiger partial charge in [0.15, 0.2) is 0 Å². The molecule has 1 amide bonds. The standard InChI is InChI=1S/C21H18N4O/c1-13-3-2-4-18-19(13)25-20(24-18)14-7-11-17(12-8-14)23-21(26)15-5-9-16(22)10-6-15/h2-12H,22H2,1H3,(H,23,26)(H,24,25). The molecular formula is C21H18N4O. The van der Waals surface area contributed by atoms with Crippen molar-refractivity contribution in [2.45, 2.75) is 6.92 Å². The van der Waals surface area contributed by atoms with Crippen LogP contribution in [0.2, 0.25) is 0 Å². The van der Waals surface area contributed by atoms with Crippen LogP contribution in [0.3, 0.4) is 0 Å². The van der Waals surface area contributed by atoms with Gasteiger partial charge in [0.1, 0.15) is 5.82 Å². The van der Waals surface area contributed by atoms with E-state index >= 15 is 0 Å². The molecule has 4 rings (SSSR count). The SMILES string of the molecule is Cc1cccc2[nH]c(-c3ccc(NC(=O)c4ccc(N)cc4)cc3)nc12. The van der Waals surface area contributed by atoms with Crippen molar-refractivity contribution in [3.63, 3.8) is 0 Å². The summed E-state index contributed by atoms with van der Waals surface area (Å²) >= 11 is 0. The number of hydrogen-bond donors (Lipinski definition) is 3. The van der Waals surface area contributed by atoms with Gasteiger partial charge in [0, 0.05) is 22.5 Å². The highest BCUT2D eigenvalue weighted by atomic mass is 16.1. The number of rotatable bonds is 3. The van der Waals surface area contributed by atoms with Crippen LogP contribution in [0.4, 0.5) is 11.4 Å². The van der Waals surface area contributed by atoms with Gasteiger partial charge in [-0.15, -0.1) is 0 Å². The molecule has 0 unspecified atom stereocenters. The molecule has 3 aromatic carbocycles. The maximum Gasteiger partial charge on any atom is 0.255 e. The van der Waals surface area contributed by atoms with Crippen molar-refractivity contribution in [3.05, 3.63) is 77.9 Å². The van der Waals surface area contributed by atoms with Crippen LogP contribution >= 0.6 is 0 Å². The summed E-state index contributed by atoms with van der Waals surface area (Å²) < 4.78 is 0. The largest absolute Gasteiger partial charge is 0.399 e. The Bertz CT molecular complexity index is 1080. The minimum absolute atomic E-state index is 0.169. The second-order valence-corrected chi connectivity index (χ2v) is 6.21. The van der Waals surface area contributed by atoms with Crippen LogP contribution in [0.15, 0.2) is 66.7 Å². The number of nitrogens with two attached hydrogens (primary N) is 1. The zero-order chi connectivity index (χ0) is 18.1. The molecule has 0 saturated carbocycles. The Labute approximate surface area is 150 Å². The summed E-state index contributed by atoms with van der Waals surface area (Å²) in [5.74, 6) is 0.642. The minimum atomic E-state index is -0.169. The predicted octanol–water partition coefficient (Wildman–Crippen LogP) is 4.37. The molecule has 0 saturated heterocycles. The third-order valence-electron chi connectivity index (χ3n) is 4.30. The average molecular weight is 342 g/mol. The average Bonchev–Trinajstić information content (AvgIpc) is 3.08. The lowest BCUT2D eigenvalue weighted by Gasteiger charge is -2.06. The summed E-state index contributed by atoms with van der Waals surface area (Å²) in [5.41, 5.74) is 11.7. The number of nitrogen functional groups attached to an aromatic ring is 1. The lowest BCUT2D eigenvalue weighted by Crippen LogP contribution is -2.11. The van der Waals surface area contributed by atoms with Crippen molar-refractivity contribution in [2.75, 3.05) is 11.1 Å². The third-order valence-corrected chi connectivity index (χ3v) is 4.30. The Morgan fingerprint density at radius 3 is 2.42 bits per heavy atom. The fraction of sp³-hybridized carbons (Fsp3) is 0.0476. The van der Waals surface area contributed by atoms with E-state index in [4.69, 9.17) is 5.73 Å². The monoisotopic (exact) mass is 342 g/mol. The Balaban J connectivity index is 1.55. The van der Waals surface area contributed by atoms with Gasteiger partial charge in [-0.3, -0.25) is 4.79 Å². The number of H-pyrrole nitrogens is 1. The van der Waals surface area contributed by atoms with E-state index in [-0.39, 0.29) is 5.91 Å². The molecule has 26 heavy (non-hydrogen) atoms. The fourth-order valence-electron chi connectivity index (χ4n) is 2.86. The number of carbonyl (C=O) groups is 1. The van der Waals surface area contributed by atoms with Gasteiger partial charge < -0.3 is 16.0 Å². The van der Waals surface area contributed by atoms with Gasteiger partial charge in [-0.05, 0) is 67.1 Å². The van der Waals surface area contributed by atoms with Gasteiger partial charge in [0.25, 0.3) is 5.91 Å². The van der Waals surface area contributed by atoms with Crippen molar-refractivity contribution in [1.82, 2.24) is 9.97 Å². The Kier molecular flexibility index (Phi) is 3.89. The molecule has 1 heterocycles. The van der Waals surface area contributed by atoms with Crippen LogP contribution in [0.1, 0.15) is 15.9 Å². The molecule has 128 valence electrons. The van der Waals surface area contributed by atoms with E-state index < -0.39 is 0 Å². The van der Waals surface area contributed by atoms with Crippen LogP contribution in [-0.4, -0.2) is 15.9 Å². The van der Waals surface area contributed by atoms with Gasteiger partial charge in [-0.1, -0.05) is 12.1 Å². The van der Waals surface area contributed by atoms with Crippen molar-refractivity contribution in [2.24, 2.45) is 0 Å². The highest BCUT2D eigenvalue weighted by Crippen LogP contribution is 2.24. The normalized spacial score (nSPS) is 10.8. The van der Waals surface area contributed by atoms with Gasteiger partial charge >= 0.3 is 0 Å². The van der Waals surface area contributed by atoms with E-state index in [1.54, 1.807) is 24.3 Å². The van der Waals surface area contributed by atoms with Gasteiger partial charge in [0.05, 0.1) is 11.0 Å². The Morgan fingerprint density at radius 2 is 1.73 bits per heavy atom. The van der Waals surface area contributed by atoms with E-state index in [0.717, 1.165) is 33.7 Å². The number of anilines is 2. The van der Waals surface area contributed by atoms with Crippen molar-refractivity contribution >= 4 is 28.3 Å². The van der Waals surface area contributed by atoms with Crippen LogP contribution in [0.5, 0.6) is 0 Å². The molecule has 0 bridgehead atoms. The molecule has 0 radical (unpaired) electrons. The number of nitrogens with zero attached hydrogens (tertiary/aromatic N) is 1. The molecule has 5 heteroatoms. The molecule has 1 aromatic heterocycles. The zero-order valence-corrected chi connectivity index (χ0v) is 14.3. The van der Waals surface area contributed by atoms with E-state index in [1.807, 2.05) is 49.4 Å². The number of amides is 1. The summed E-state index contributed by atoms with van der Waals surface area (Å²) in [6, 6.07) is 20.5. The van der Waals surface area contributed by atoms with Crippen molar-refractivity contribution in [3.8, 4) is 11.4 Å². The van der Waals surface area contributed by atoms with Crippen LogP contribution in [0.25, 0.3) is 22.4 Å². The molecule has 0 fully saturated rings. The zero-order valence-electron chi connectivity index (χ0n) is 14.3. The summed E-state index contributed by atoms with van der Waals surface area (Å²) in [6.07, 6.45) is 0. The second-order valence-electron chi connectivity index (χ2n) is 6.21. The van der Waals surface area contributed by atoms with Crippen molar-refractivity contribution < 1.29 is 4.79 Å². The number of para-hydroxylation sites is 1. The first kappa shape index (κ1) is 15.9. The van der Waals surface area contributed by atoms with Crippen molar-refractivity contribution in [1.29, 1.82) is 0 Å². The number of carbonyl (C=O) groups excluding carboxylic acids is 1. The quantitative estimate of drug-likeness (QED) is 0.483. The number of hydrogen-bond acceptors (Lipinski definition) is 3. The maximum absolute atomic E-state index is 12.3. The van der Waals surface area contributed by atoms with E-state index in [2.05, 4.69) is 15.3 Å². The first-order valence-corrected chi connectivity index (χ1v) is 8.33. The summed E-state index contributed by atoms with van der Waals surface area (Å²) in [7, 11) is 0. The fourth-order valence-corrected chi connectivity index (χ4v) is 2.86. The Morgan fingerprint density at radius 1 is 1.00 bits per heavy atom. The minimum Gasteiger partial charge on any atom is -0.399 e. The summed E-state index contributed by atoms with van der Waals surface area (Å²) in [4.78, 5) is 20.3. The number of aromatic nitrogens is 2. The van der Waals surface area contributed by atoms with Gasteiger partial charge in [-0.2, -0.15) is 0 Å². The maximum atomic E-state index is 12.3. The first-order chi connectivity index (χ1) is 12.6. The Hall–Kier alpha value is -3.60. The van der Waals surface area contributed by atoms with Crippen LogP contribution in [0, 0.1) is 6.92 Å². The smallest absolute Gasteiger partial charge is 0.255 e. The topological polar surface area (TPSA) is 83.8 Å². The molecule has 0 aliphatic heterocycles. The summed E-state index contributed by atoms with van der Waals surface area (Å²) in [5, 5.41) is 2.88. The lowest BCUT2D eigenvalue weighted by molar-refractivity contribution is 0.102. The van der Waals surface area contributed by atoms with E-state index in [1.165, 1.54) is 0 Å². The number of imidazole rings is 1. The predicted molar refractivity (Wildman–Crippen MR) is 105 cm³/mol. The number of fused-ring (bicyclic) bond motifs is 1. The van der Waals surface area contributed by atoms with Crippen LogP contribution in [-0.2, 0) is 0 Å². The molecule has 5 nitrogen and oxygen atoms in total. The second kappa shape index (κ2) is 6.37. The molecule has 4 N–H and O–H groups in total. The number of benzene rings is 3. The highest BCUT2D eigenvalue weighted by Gasteiger charge is 2.09. The number of nitrogens with one attached hydrogen (secondary N) is 2. The molecule has 0 atom stereocenters. The van der Waals surface area contributed by atoms with E-state index in [0.29, 0.717) is 11.3 Å². The molecule has 4 aromatic rings. The number of aryl methyl sites for hydroxylation is 1. The molecule has 0 aliphatic carbocycles. The molecular weight excluding hydrogens is 324 g/mol. The lowest BCUT2D eigenvalue weighted by atomic mass is 10.1. The summed E-state index contributed by atoms with van der Waals surface area (Å²) in [6.45, 7) is 2.04. The first-order valence-electron chi connectivity index (χ1n) is 8.33.